The molecule has 0 unspecified atom stereocenters. The molecule has 0 saturated carbocycles. The van der Waals surface area contributed by atoms with E-state index in [0.717, 1.165) is 0 Å². The Labute approximate surface area is 82.3 Å². The molecule has 0 bridgehead atoms. The summed E-state index contributed by atoms with van der Waals surface area (Å²) >= 11 is -1.69. The Bertz CT molecular complexity index is 152. The van der Waals surface area contributed by atoms with Gasteiger partial charge in [-0.05, 0) is 0 Å². The minimum absolute atomic E-state index is 0.698. The normalized spacial score (nSPS) is 10.9. The average Bonchev–Trinajstić information content (AvgIpc) is 1.84. The summed E-state index contributed by atoms with van der Waals surface area (Å²) in [7, 11) is 0. The molecule has 1 radical (unpaired) electrons. The molecule has 0 aliphatic heterocycles. The second-order valence-electron chi connectivity index (χ2n) is 3.95. The standard InChI is InChI=1S/2C4H9.N3.Sn/c2*1-4(2)3;1-3-2;/h2*4H,1H2,2-3H3;;/q;;-1;+1. The van der Waals surface area contributed by atoms with Crippen molar-refractivity contribution in [2.24, 2.45) is 15.2 Å². The quantitative estimate of drug-likeness (QED) is 0.318. The first kappa shape index (κ1) is 12.1. The molecule has 0 spiro atoms. The van der Waals surface area contributed by atoms with E-state index in [0.29, 0.717) is 11.8 Å². The zero-order valence-electron chi connectivity index (χ0n) is 8.41. The van der Waals surface area contributed by atoms with Gasteiger partial charge in [-0.1, -0.05) is 0 Å². The first-order valence-electron chi connectivity index (χ1n) is 4.46. The molecule has 0 aromatic rings. The van der Waals surface area contributed by atoms with Gasteiger partial charge >= 0.3 is 82.2 Å². The maximum atomic E-state index is 8.37. The second-order valence-corrected chi connectivity index (χ2v) is 10.1. The Morgan fingerprint density at radius 1 is 1.17 bits per heavy atom. The summed E-state index contributed by atoms with van der Waals surface area (Å²) in [5.74, 6) is 1.40. The van der Waals surface area contributed by atoms with Crippen LogP contribution in [0.25, 0.3) is 10.4 Å². The summed E-state index contributed by atoms with van der Waals surface area (Å²) in [6.07, 6.45) is 0. The Hall–Kier alpha value is 0.109. The van der Waals surface area contributed by atoms with E-state index in [9.17, 15) is 0 Å². The van der Waals surface area contributed by atoms with Crippen LogP contribution in [0.4, 0.5) is 0 Å². The third-order valence-electron chi connectivity index (χ3n) is 1.47. The first-order chi connectivity index (χ1) is 5.56. The van der Waals surface area contributed by atoms with Crippen LogP contribution in [-0.2, 0) is 0 Å². The number of rotatable bonds is 5. The van der Waals surface area contributed by atoms with Crippen LogP contribution in [0.15, 0.2) is 3.34 Å². The minimum atomic E-state index is -1.69. The molecule has 0 rings (SSSR count). The van der Waals surface area contributed by atoms with Gasteiger partial charge in [-0.3, -0.25) is 0 Å². The van der Waals surface area contributed by atoms with E-state index >= 15 is 0 Å². The van der Waals surface area contributed by atoms with Gasteiger partial charge in [-0.25, -0.2) is 0 Å². The molecule has 0 aromatic carbocycles. The molecule has 3 nitrogen and oxygen atoms in total. The van der Waals surface area contributed by atoms with Crippen molar-refractivity contribution in [3.63, 3.8) is 0 Å². The fourth-order valence-electron chi connectivity index (χ4n) is 1.17. The number of azide groups is 1. The number of nitrogens with zero attached hydrogens (tertiary/aromatic N) is 3. The van der Waals surface area contributed by atoms with Crippen molar-refractivity contribution in [1.82, 2.24) is 0 Å². The number of hydrogen-bond donors (Lipinski definition) is 0. The zero-order valence-corrected chi connectivity index (χ0v) is 11.3. The molecule has 0 aromatic heterocycles. The van der Waals surface area contributed by atoms with Crippen LogP contribution >= 0.6 is 0 Å². The van der Waals surface area contributed by atoms with Gasteiger partial charge in [0.25, 0.3) is 0 Å². The summed E-state index contributed by atoms with van der Waals surface area (Å²) in [4.78, 5) is 2.95. The van der Waals surface area contributed by atoms with Crippen LogP contribution in [-0.4, -0.2) is 20.0 Å². The van der Waals surface area contributed by atoms with Gasteiger partial charge in [-0.2, -0.15) is 0 Å². The summed E-state index contributed by atoms with van der Waals surface area (Å²) < 4.78 is 6.38. The van der Waals surface area contributed by atoms with Gasteiger partial charge in [0.2, 0.25) is 0 Å². The SMILES string of the molecule is CC(C)[CH2][Sn]([CH2]C(C)C)[N]=[N+]=[N-]. The summed E-state index contributed by atoms with van der Waals surface area (Å²) in [6.45, 7) is 8.81. The molecular formula is C8H18N3Sn. The predicted octanol–water partition coefficient (Wildman–Crippen LogP) is 3.60. The van der Waals surface area contributed by atoms with Crippen LogP contribution in [0.3, 0.4) is 0 Å². The Kier molecular flexibility index (Phi) is 6.67. The summed E-state index contributed by atoms with van der Waals surface area (Å²) in [6, 6.07) is 0. The van der Waals surface area contributed by atoms with Crippen molar-refractivity contribution in [3.05, 3.63) is 10.4 Å². The average molecular weight is 275 g/mol. The zero-order chi connectivity index (χ0) is 9.56. The Morgan fingerprint density at radius 2 is 1.58 bits per heavy atom. The van der Waals surface area contributed by atoms with E-state index < -0.39 is 20.0 Å². The van der Waals surface area contributed by atoms with Crippen molar-refractivity contribution in [2.45, 2.75) is 36.6 Å². The predicted molar refractivity (Wildman–Crippen MR) is 54.2 cm³/mol. The van der Waals surface area contributed by atoms with Gasteiger partial charge in [0.05, 0.1) is 0 Å². The van der Waals surface area contributed by atoms with E-state index in [1.54, 1.807) is 0 Å². The van der Waals surface area contributed by atoms with E-state index in [2.05, 4.69) is 35.9 Å². The third kappa shape index (κ3) is 6.80. The Morgan fingerprint density at radius 3 is 1.83 bits per heavy atom. The first-order valence-corrected chi connectivity index (χ1v) is 9.77. The maximum absolute atomic E-state index is 8.37. The monoisotopic (exact) mass is 276 g/mol. The fourth-order valence-corrected chi connectivity index (χ4v) is 7.85. The van der Waals surface area contributed by atoms with Crippen molar-refractivity contribution in [3.8, 4) is 0 Å². The van der Waals surface area contributed by atoms with E-state index in [1.165, 1.54) is 8.87 Å². The number of hydrogen-bond acceptors (Lipinski definition) is 1. The van der Waals surface area contributed by atoms with Crippen LogP contribution in [0.5, 0.6) is 0 Å². The molecule has 0 aliphatic carbocycles. The molecule has 0 aliphatic rings. The molecule has 12 heavy (non-hydrogen) atoms. The van der Waals surface area contributed by atoms with Crippen molar-refractivity contribution in [2.75, 3.05) is 0 Å². The van der Waals surface area contributed by atoms with Crippen LogP contribution in [0.1, 0.15) is 27.7 Å². The fraction of sp³-hybridized carbons (Fsp3) is 1.00. The van der Waals surface area contributed by atoms with Gasteiger partial charge in [0.1, 0.15) is 0 Å². The molecule has 0 amide bonds. The van der Waals surface area contributed by atoms with E-state index in [1.807, 2.05) is 0 Å². The van der Waals surface area contributed by atoms with E-state index in [4.69, 9.17) is 5.53 Å². The molecule has 0 saturated heterocycles. The Balaban J connectivity index is 3.95. The van der Waals surface area contributed by atoms with Crippen molar-refractivity contribution >= 4 is 20.0 Å². The van der Waals surface area contributed by atoms with Crippen LogP contribution < -0.4 is 0 Å². The van der Waals surface area contributed by atoms with Crippen molar-refractivity contribution < 1.29 is 0 Å². The van der Waals surface area contributed by atoms with Gasteiger partial charge in [0.15, 0.2) is 0 Å². The molecule has 0 fully saturated rings. The molecule has 0 N–H and O–H groups in total. The molecule has 4 heteroatoms. The molecular weight excluding hydrogens is 257 g/mol. The van der Waals surface area contributed by atoms with Gasteiger partial charge in [0, 0.05) is 0 Å². The topological polar surface area (TPSA) is 48.8 Å². The van der Waals surface area contributed by atoms with Crippen LogP contribution in [0.2, 0.25) is 8.87 Å². The van der Waals surface area contributed by atoms with Gasteiger partial charge < -0.3 is 0 Å². The molecule has 0 heterocycles. The van der Waals surface area contributed by atoms with Crippen LogP contribution in [0, 0.1) is 11.8 Å². The summed E-state index contributed by atoms with van der Waals surface area (Å²) in [5, 5.41) is 0. The second kappa shape index (κ2) is 6.61. The third-order valence-corrected chi connectivity index (χ3v) is 9.89. The van der Waals surface area contributed by atoms with Gasteiger partial charge in [-0.15, -0.1) is 0 Å². The molecule has 69 valence electrons. The molecule has 0 atom stereocenters. The summed E-state index contributed by atoms with van der Waals surface area (Å²) in [5.41, 5.74) is 8.37. The van der Waals surface area contributed by atoms with E-state index in [-0.39, 0.29) is 0 Å². The van der Waals surface area contributed by atoms with Crippen molar-refractivity contribution in [1.29, 1.82) is 0 Å².